The van der Waals surface area contributed by atoms with Crippen LogP contribution in [0.5, 0.6) is 5.88 Å². The van der Waals surface area contributed by atoms with E-state index >= 15 is 0 Å². The van der Waals surface area contributed by atoms with Crippen LogP contribution in [0.3, 0.4) is 0 Å². The minimum Gasteiger partial charge on any atom is -0.470 e. The summed E-state index contributed by atoms with van der Waals surface area (Å²) in [7, 11) is 5.60. The Morgan fingerprint density at radius 1 is 1.35 bits per heavy atom. The van der Waals surface area contributed by atoms with Crippen molar-refractivity contribution in [1.29, 1.82) is 0 Å². The van der Waals surface area contributed by atoms with Crippen molar-refractivity contribution < 1.29 is 9.53 Å². The highest BCUT2D eigenvalue weighted by Crippen LogP contribution is 2.24. The predicted octanol–water partition coefficient (Wildman–Crippen LogP) is 0.570. The fraction of sp³-hybridized carbons (Fsp3) is 0.467. The van der Waals surface area contributed by atoms with Crippen LogP contribution in [0, 0.1) is 0 Å². The zero-order valence-electron chi connectivity index (χ0n) is 13.5. The summed E-state index contributed by atoms with van der Waals surface area (Å²) < 4.78 is 7.69. The molecule has 0 radical (unpaired) electrons. The molecule has 8 heteroatoms. The normalized spacial score (nSPS) is 17.3. The molecule has 122 valence electrons. The van der Waals surface area contributed by atoms with E-state index in [1.165, 1.54) is 0 Å². The van der Waals surface area contributed by atoms with Gasteiger partial charge in [0.1, 0.15) is 11.8 Å². The highest BCUT2D eigenvalue weighted by molar-refractivity contribution is 5.92. The lowest BCUT2D eigenvalue weighted by Crippen LogP contribution is -2.32. The van der Waals surface area contributed by atoms with Gasteiger partial charge in [-0.15, -0.1) is 0 Å². The SMILES string of the molecule is CN(C)c1nccnc1OC1CCN(C(=O)c2cncn2C)C1. The van der Waals surface area contributed by atoms with Crippen molar-refractivity contribution in [1.82, 2.24) is 24.4 Å². The van der Waals surface area contributed by atoms with E-state index in [0.29, 0.717) is 30.5 Å². The molecule has 2 aromatic rings. The second-order valence-electron chi connectivity index (χ2n) is 5.75. The summed E-state index contributed by atoms with van der Waals surface area (Å²) in [6, 6.07) is 0. The number of carbonyl (C=O) groups is 1. The molecule has 1 fully saturated rings. The molecule has 1 aliphatic heterocycles. The minimum atomic E-state index is -0.0809. The number of rotatable bonds is 4. The van der Waals surface area contributed by atoms with Crippen LogP contribution in [0.4, 0.5) is 5.82 Å². The third kappa shape index (κ3) is 3.10. The molecule has 1 aliphatic rings. The number of ether oxygens (including phenoxy) is 1. The number of aromatic nitrogens is 4. The Morgan fingerprint density at radius 2 is 2.13 bits per heavy atom. The number of hydrogen-bond donors (Lipinski definition) is 0. The number of aryl methyl sites for hydroxylation is 1. The number of nitrogens with zero attached hydrogens (tertiary/aromatic N) is 6. The monoisotopic (exact) mass is 316 g/mol. The zero-order chi connectivity index (χ0) is 16.4. The van der Waals surface area contributed by atoms with E-state index in [-0.39, 0.29) is 12.0 Å². The topological polar surface area (TPSA) is 76.4 Å². The molecule has 1 saturated heterocycles. The predicted molar refractivity (Wildman–Crippen MR) is 84.5 cm³/mol. The fourth-order valence-corrected chi connectivity index (χ4v) is 2.60. The Kier molecular flexibility index (Phi) is 4.14. The molecule has 0 N–H and O–H groups in total. The third-order valence-corrected chi connectivity index (χ3v) is 3.82. The smallest absolute Gasteiger partial charge is 0.272 e. The van der Waals surface area contributed by atoms with Crippen LogP contribution in [0.2, 0.25) is 0 Å². The van der Waals surface area contributed by atoms with Crippen LogP contribution in [0.1, 0.15) is 16.9 Å². The summed E-state index contributed by atoms with van der Waals surface area (Å²) in [6.45, 7) is 1.19. The average Bonchev–Trinajstić information content (AvgIpc) is 3.16. The van der Waals surface area contributed by atoms with Gasteiger partial charge >= 0.3 is 0 Å². The number of amides is 1. The number of hydrogen-bond acceptors (Lipinski definition) is 6. The first-order chi connectivity index (χ1) is 11.1. The minimum absolute atomic E-state index is 0.0249. The van der Waals surface area contributed by atoms with Gasteiger partial charge in [0.2, 0.25) is 0 Å². The maximum atomic E-state index is 12.5. The molecule has 0 bridgehead atoms. The van der Waals surface area contributed by atoms with Crippen molar-refractivity contribution in [2.45, 2.75) is 12.5 Å². The van der Waals surface area contributed by atoms with Crippen molar-refractivity contribution in [2.75, 3.05) is 32.1 Å². The van der Waals surface area contributed by atoms with Gasteiger partial charge in [0.05, 0.1) is 19.1 Å². The highest BCUT2D eigenvalue weighted by atomic mass is 16.5. The number of carbonyl (C=O) groups excluding carboxylic acids is 1. The van der Waals surface area contributed by atoms with Gasteiger partial charge in [0.25, 0.3) is 11.8 Å². The largest absolute Gasteiger partial charge is 0.470 e. The second-order valence-corrected chi connectivity index (χ2v) is 5.75. The highest BCUT2D eigenvalue weighted by Gasteiger charge is 2.30. The molecule has 0 saturated carbocycles. The van der Waals surface area contributed by atoms with Crippen LogP contribution in [-0.4, -0.2) is 63.6 Å². The fourth-order valence-electron chi connectivity index (χ4n) is 2.60. The summed E-state index contributed by atoms with van der Waals surface area (Å²) in [5.41, 5.74) is 0.583. The van der Waals surface area contributed by atoms with Crippen LogP contribution >= 0.6 is 0 Å². The van der Waals surface area contributed by atoms with Crippen molar-refractivity contribution in [2.24, 2.45) is 7.05 Å². The first kappa shape index (κ1) is 15.3. The van der Waals surface area contributed by atoms with Crippen LogP contribution in [-0.2, 0) is 7.05 Å². The lowest BCUT2D eigenvalue weighted by molar-refractivity contribution is 0.0762. The number of anilines is 1. The van der Waals surface area contributed by atoms with E-state index in [1.807, 2.05) is 26.0 Å². The summed E-state index contributed by atoms with van der Waals surface area (Å²) in [6.07, 6.45) is 7.14. The van der Waals surface area contributed by atoms with Crippen molar-refractivity contribution in [3.05, 3.63) is 30.6 Å². The molecule has 0 spiro atoms. The lowest BCUT2D eigenvalue weighted by atomic mass is 10.3. The van der Waals surface area contributed by atoms with E-state index in [9.17, 15) is 4.79 Å². The van der Waals surface area contributed by atoms with Gasteiger partial charge in [-0.3, -0.25) is 4.79 Å². The van der Waals surface area contributed by atoms with Crippen molar-refractivity contribution in [3.63, 3.8) is 0 Å². The second kappa shape index (κ2) is 6.23. The van der Waals surface area contributed by atoms with Gasteiger partial charge in [0, 0.05) is 46.5 Å². The average molecular weight is 316 g/mol. The Bertz CT molecular complexity index is 699. The molecule has 8 nitrogen and oxygen atoms in total. The molecule has 23 heavy (non-hydrogen) atoms. The third-order valence-electron chi connectivity index (χ3n) is 3.82. The van der Waals surface area contributed by atoms with Crippen LogP contribution < -0.4 is 9.64 Å². The van der Waals surface area contributed by atoms with Gasteiger partial charge < -0.3 is 19.1 Å². The quantitative estimate of drug-likeness (QED) is 0.821. The molecule has 1 amide bonds. The summed E-state index contributed by atoms with van der Waals surface area (Å²) in [5.74, 6) is 1.16. The first-order valence-electron chi connectivity index (χ1n) is 7.47. The summed E-state index contributed by atoms with van der Waals surface area (Å²) in [5, 5.41) is 0. The van der Waals surface area contributed by atoms with Crippen LogP contribution in [0.25, 0.3) is 0 Å². The Hall–Kier alpha value is -2.64. The molecule has 2 aromatic heterocycles. The van der Waals surface area contributed by atoms with E-state index in [0.717, 1.165) is 6.42 Å². The van der Waals surface area contributed by atoms with E-state index < -0.39 is 0 Å². The maximum absolute atomic E-state index is 12.5. The van der Waals surface area contributed by atoms with Crippen LogP contribution in [0.15, 0.2) is 24.9 Å². The molecule has 3 rings (SSSR count). The molecule has 3 heterocycles. The molecule has 0 aliphatic carbocycles. The molecule has 1 unspecified atom stereocenters. The summed E-state index contributed by atoms with van der Waals surface area (Å²) in [4.78, 5) is 28.6. The Morgan fingerprint density at radius 3 is 2.83 bits per heavy atom. The van der Waals surface area contributed by atoms with Gasteiger partial charge in [-0.2, -0.15) is 0 Å². The standard InChI is InChI=1S/C15H20N6O2/c1-19(2)13-14(18-6-5-17-13)23-11-4-7-21(9-11)15(22)12-8-16-10-20(12)3/h5-6,8,10-11H,4,7,9H2,1-3H3. The van der Waals surface area contributed by atoms with Gasteiger partial charge in [-0.05, 0) is 0 Å². The van der Waals surface area contributed by atoms with E-state index in [2.05, 4.69) is 15.0 Å². The number of imidazole rings is 1. The first-order valence-corrected chi connectivity index (χ1v) is 7.47. The molecular formula is C15H20N6O2. The molecule has 1 atom stereocenters. The van der Waals surface area contributed by atoms with Gasteiger partial charge in [0.15, 0.2) is 5.82 Å². The molecule has 0 aromatic carbocycles. The Labute approximate surface area is 134 Å². The lowest BCUT2D eigenvalue weighted by Gasteiger charge is -2.19. The summed E-state index contributed by atoms with van der Waals surface area (Å²) >= 11 is 0. The maximum Gasteiger partial charge on any atom is 0.272 e. The zero-order valence-corrected chi connectivity index (χ0v) is 13.5. The Balaban J connectivity index is 1.67. The number of likely N-dealkylation sites (tertiary alicyclic amines) is 1. The van der Waals surface area contributed by atoms with E-state index in [4.69, 9.17) is 4.74 Å². The van der Waals surface area contributed by atoms with Gasteiger partial charge in [-0.25, -0.2) is 15.0 Å². The van der Waals surface area contributed by atoms with E-state index in [1.54, 1.807) is 34.4 Å². The molecular weight excluding hydrogens is 296 g/mol. The van der Waals surface area contributed by atoms with Crippen molar-refractivity contribution in [3.8, 4) is 5.88 Å². The van der Waals surface area contributed by atoms with Gasteiger partial charge in [-0.1, -0.05) is 0 Å². The van der Waals surface area contributed by atoms with Crippen molar-refractivity contribution >= 4 is 11.7 Å².